The van der Waals surface area contributed by atoms with E-state index in [1.54, 1.807) is 6.20 Å². The molecule has 0 aliphatic rings. The molecule has 2 aromatic rings. The first-order chi connectivity index (χ1) is 10.1. The van der Waals surface area contributed by atoms with Gasteiger partial charge in [-0.2, -0.15) is 0 Å². The van der Waals surface area contributed by atoms with E-state index in [0.29, 0.717) is 10.8 Å². The molecule has 1 atom stereocenters. The zero-order valence-corrected chi connectivity index (χ0v) is 13.5. The van der Waals surface area contributed by atoms with Crippen LogP contribution in [-0.2, 0) is 6.42 Å². The highest BCUT2D eigenvalue weighted by Gasteiger charge is 2.16. The highest BCUT2D eigenvalue weighted by atomic mass is 35.5. The van der Waals surface area contributed by atoms with Crippen LogP contribution in [0.1, 0.15) is 30.5 Å². The van der Waals surface area contributed by atoms with Gasteiger partial charge in [-0.05, 0) is 43.1 Å². The first kappa shape index (κ1) is 16.1. The lowest BCUT2D eigenvalue weighted by molar-refractivity contribution is 0.529. The molecule has 0 aliphatic heterocycles. The number of hydrogen-bond donors (Lipinski definition) is 2. The summed E-state index contributed by atoms with van der Waals surface area (Å²) in [6, 6.07) is 9.81. The van der Waals surface area contributed by atoms with Crippen LogP contribution < -0.4 is 11.1 Å². The molecule has 2 rings (SSSR count). The third-order valence-electron chi connectivity index (χ3n) is 3.29. The fourth-order valence-corrected chi connectivity index (χ4v) is 2.50. The second kappa shape index (κ2) is 7.64. The molecule has 0 fully saturated rings. The predicted octanol–water partition coefficient (Wildman–Crippen LogP) is 4.25. The summed E-state index contributed by atoms with van der Waals surface area (Å²) >= 11 is 12.0. The lowest BCUT2D eigenvalue weighted by atomic mass is 9.99. The van der Waals surface area contributed by atoms with E-state index in [1.165, 1.54) is 5.56 Å². The Hall–Kier alpha value is -1.29. The zero-order valence-electron chi connectivity index (χ0n) is 11.9. The van der Waals surface area contributed by atoms with Gasteiger partial charge in [0.05, 0.1) is 5.02 Å². The minimum Gasteiger partial charge on any atom is -0.383 e. The Morgan fingerprint density at radius 2 is 1.90 bits per heavy atom. The lowest BCUT2D eigenvalue weighted by Crippen LogP contribution is -2.25. The Labute approximate surface area is 135 Å². The number of rotatable bonds is 6. The Bertz CT molecular complexity index is 585. The highest BCUT2D eigenvalue weighted by Crippen LogP contribution is 2.25. The van der Waals surface area contributed by atoms with Crippen LogP contribution in [0.25, 0.3) is 0 Å². The summed E-state index contributed by atoms with van der Waals surface area (Å²) in [5.41, 5.74) is 8.13. The fraction of sp³-hybridized carbons (Fsp3) is 0.312. The van der Waals surface area contributed by atoms with E-state index >= 15 is 0 Å². The number of hydrogen-bond acceptors (Lipinski definition) is 3. The van der Waals surface area contributed by atoms with Crippen molar-refractivity contribution in [3.8, 4) is 0 Å². The van der Waals surface area contributed by atoms with Gasteiger partial charge in [0.1, 0.15) is 5.82 Å². The van der Waals surface area contributed by atoms with E-state index in [9.17, 15) is 0 Å². The molecular weight excluding hydrogens is 305 g/mol. The van der Waals surface area contributed by atoms with Crippen molar-refractivity contribution in [2.45, 2.75) is 25.8 Å². The van der Waals surface area contributed by atoms with Gasteiger partial charge < -0.3 is 11.1 Å². The maximum atomic E-state index is 6.06. The number of aromatic nitrogens is 1. The minimum absolute atomic E-state index is 0.0809. The summed E-state index contributed by atoms with van der Waals surface area (Å²) in [5, 5.41) is 4.84. The van der Waals surface area contributed by atoms with Crippen molar-refractivity contribution in [2.24, 2.45) is 0 Å². The van der Waals surface area contributed by atoms with Gasteiger partial charge in [0.15, 0.2) is 0 Å². The first-order valence-corrected chi connectivity index (χ1v) is 7.74. The van der Waals surface area contributed by atoms with Crippen molar-refractivity contribution in [1.29, 1.82) is 0 Å². The van der Waals surface area contributed by atoms with Gasteiger partial charge in [0.2, 0.25) is 0 Å². The lowest BCUT2D eigenvalue weighted by Gasteiger charge is -2.20. The fourth-order valence-electron chi connectivity index (χ4n) is 2.21. The molecule has 1 aromatic carbocycles. The van der Waals surface area contributed by atoms with Crippen molar-refractivity contribution in [2.75, 3.05) is 12.3 Å². The predicted molar refractivity (Wildman–Crippen MR) is 89.9 cm³/mol. The molecule has 0 aliphatic carbocycles. The highest BCUT2D eigenvalue weighted by molar-refractivity contribution is 6.30. The second-order valence-corrected chi connectivity index (χ2v) is 5.84. The molecule has 1 unspecified atom stereocenters. The second-order valence-electron chi connectivity index (χ2n) is 4.97. The average molecular weight is 324 g/mol. The molecule has 0 amide bonds. The van der Waals surface area contributed by atoms with E-state index in [-0.39, 0.29) is 6.04 Å². The van der Waals surface area contributed by atoms with Crippen LogP contribution in [0.2, 0.25) is 10.0 Å². The number of halogens is 2. The molecule has 5 heteroatoms. The molecule has 3 N–H and O–H groups in total. The Morgan fingerprint density at radius 3 is 2.57 bits per heavy atom. The van der Waals surface area contributed by atoms with E-state index in [4.69, 9.17) is 28.9 Å². The summed E-state index contributed by atoms with van der Waals surface area (Å²) in [5.74, 6) is 0.516. The molecular formula is C16H19Cl2N3. The summed E-state index contributed by atoms with van der Waals surface area (Å²) in [4.78, 5) is 4.15. The van der Waals surface area contributed by atoms with Crippen molar-refractivity contribution >= 4 is 29.0 Å². The van der Waals surface area contributed by atoms with Crippen molar-refractivity contribution < 1.29 is 0 Å². The van der Waals surface area contributed by atoms with E-state index in [1.807, 2.05) is 30.3 Å². The number of nitrogens with one attached hydrogen (secondary N) is 1. The van der Waals surface area contributed by atoms with Crippen LogP contribution in [0.15, 0.2) is 36.5 Å². The summed E-state index contributed by atoms with van der Waals surface area (Å²) in [7, 11) is 0. The number of benzene rings is 1. The summed E-state index contributed by atoms with van der Waals surface area (Å²) in [6.07, 6.45) is 3.42. The van der Waals surface area contributed by atoms with Crippen molar-refractivity contribution in [1.82, 2.24) is 10.3 Å². The van der Waals surface area contributed by atoms with E-state index in [2.05, 4.69) is 17.2 Å². The van der Waals surface area contributed by atoms with Gasteiger partial charge in [0, 0.05) is 22.8 Å². The maximum absolute atomic E-state index is 6.06. The quantitative estimate of drug-likeness (QED) is 0.835. The zero-order chi connectivity index (χ0) is 15.2. The largest absolute Gasteiger partial charge is 0.383 e. The molecule has 0 radical (unpaired) electrons. The monoisotopic (exact) mass is 323 g/mol. The third kappa shape index (κ3) is 4.60. The Balaban J connectivity index is 2.25. The molecule has 1 heterocycles. The Morgan fingerprint density at radius 1 is 1.19 bits per heavy atom. The number of pyridine rings is 1. The Kier molecular flexibility index (Phi) is 5.85. The average Bonchev–Trinajstić information content (AvgIpc) is 2.48. The van der Waals surface area contributed by atoms with Crippen molar-refractivity contribution in [3.63, 3.8) is 0 Å². The first-order valence-electron chi connectivity index (χ1n) is 6.99. The standard InChI is InChI=1S/C16H19Cl2N3/c1-2-7-20-15(8-11-3-5-12(17)6-4-11)14-9-13(18)10-21-16(14)19/h3-6,9-10,15,20H,2,7-8H2,1H3,(H2,19,21). The molecule has 3 nitrogen and oxygen atoms in total. The number of nitrogens with two attached hydrogens (primary N) is 1. The SMILES string of the molecule is CCCNC(Cc1ccc(Cl)cc1)c1cc(Cl)cnc1N. The van der Waals surface area contributed by atoms with Crippen LogP contribution in [-0.4, -0.2) is 11.5 Å². The van der Waals surface area contributed by atoms with Crippen LogP contribution in [0.5, 0.6) is 0 Å². The van der Waals surface area contributed by atoms with E-state index in [0.717, 1.165) is 30.0 Å². The van der Waals surface area contributed by atoms with Gasteiger partial charge in [-0.15, -0.1) is 0 Å². The number of anilines is 1. The molecule has 0 spiro atoms. The van der Waals surface area contributed by atoms with Gasteiger partial charge in [-0.25, -0.2) is 4.98 Å². The van der Waals surface area contributed by atoms with E-state index < -0.39 is 0 Å². The number of nitrogen functional groups attached to an aromatic ring is 1. The van der Waals surface area contributed by atoms with Gasteiger partial charge in [-0.3, -0.25) is 0 Å². The summed E-state index contributed by atoms with van der Waals surface area (Å²) < 4.78 is 0. The summed E-state index contributed by atoms with van der Waals surface area (Å²) in [6.45, 7) is 3.04. The third-order valence-corrected chi connectivity index (χ3v) is 3.74. The molecule has 1 aromatic heterocycles. The molecule has 0 bridgehead atoms. The number of nitrogens with zero attached hydrogens (tertiary/aromatic N) is 1. The molecule has 112 valence electrons. The smallest absolute Gasteiger partial charge is 0.128 e. The normalized spacial score (nSPS) is 12.3. The van der Waals surface area contributed by atoms with Gasteiger partial charge in [-0.1, -0.05) is 42.3 Å². The van der Waals surface area contributed by atoms with Crippen LogP contribution in [0.4, 0.5) is 5.82 Å². The van der Waals surface area contributed by atoms with Crippen molar-refractivity contribution in [3.05, 3.63) is 57.7 Å². The topological polar surface area (TPSA) is 50.9 Å². The van der Waals surface area contributed by atoms with Gasteiger partial charge >= 0.3 is 0 Å². The van der Waals surface area contributed by atoms with Crippen LogP contribution in [0, 0.1) is 0 Å². The maximum Gasteiger partial charge on any atom is 0.128 e. The van der Waals surface area contributed by atoms with Crippen LogP contribution in [0.3, 0.4) is 0 Å². The molecule has 0 saturated heterocycles. The van der Waals surface area contributed by atoms with Gasteiger partial charge in [0.25, 0.3) is 0 Å². The van der Waals surface area contributed by atoms with Crippen LogP contribution >= 0.6 is 23.2 Å². The minimum atomic E-state index is 0.0809. The molecule has 0 saturated carbocycles. The molecule has 21 heavy (non-hydrogen) atoms.